The predicted molar refractivity (Wildman–Crippen MR) is 111 cm³/mol. The van der Waals surface area contributed by atoms with E-state index in [0.717, 1.165) is 11.8 Å². The first-order valence-electron chi connectivity index (χ1n) is 8.57. The van der Waals surface area contributed by atoms with Gasteiger partial charge in [-0.05, 0) is 30.7 Å². The van der Waals surface area contributed by atoms with E-state index in [4.69, 9.17) is 21.8 Å². The zero-order valence-corrected chi connectivity index (χ0v) is 17.3. The summed E-state index contributed by atoms with van der Waals surface area (Å²) in [5.41, 5.74) is 0.789. The highest BCUT2D eigenvalue weighted by molar-refractivity contribution is 8.26. The Kier molecular flexibility index (Phi) is 5.05. The van der Waals surface area contributed by atoms with Gasteiger partial charge in [0.15, 0.2) is 9.84 Å². The van der Waals surface area contributed by atoms with Crippen molar-refractivity contribution >= 4 is 55.8 Å². The van der Waals surface area contributed by atoms with Gasteiger partial charge in [0.25, 0.3) is 10.8 Å². The van der Waals surface area contributed by atoms with Gasteiger partial charge in [0.1, 0.15) is 15.8 Å². The van der Waals surface area contributed by atoms with Crippen molar-refractivity contribution in [1.82, 2.24) is 4.90 Å². The van der Waals surface area contributed by atoms with Gasteiger partial charge >= 0.3 is 5.69 Å². The summed E-state index contributed by atoms with van der Waals surface area (Å²) in [6.07, 6.45) is 1.96. The molecule has 0 aliphatic carbocycles. The average Bonchev–Trinajstić information content (AvgIpc) is 3.34. The van der Waals surface area contributed by atoms with Gasteiger partial charge in [0, 0.05) is 23.8 Å². The van der Waals surface area contributed by atoms with Crippen LogP contribution in [0.15, 0.2) is 45.7 Å². The van der Waals surface area contributed by atoms with Crippen molar-refractivity contribution in [3.8, 4) is 11.3 Å². The molecule has 1 unspecified atom stereocenters. The van der Waals surface area contributed by atoms with E-state index < -0.39 is 15.9 Å². The van der Waals surface area contributed by atoms with Gasteiger partial charge in [-0.1, -0.05) is 24.0 Å². The van der Waals surface area contributed by atoms with Crippen LogP contribution in [0, 0.1) is 4.91 Å². The zero-order chi connectivity index (χ0) is 20.8. The van der Waals surface area contributed by atoms with Gasteiger partial charge < -0.3 is 4.42 Å². The number of rotatable bonds is 4. The largest absolute Gasteiger partial charge is 0.457 e. The minimum Gasteiger partial charge on any atom is -0.457 e. The van der Waals surface area contributed by atoms with Crippen LogP contribution in [0.4, 0.5) is 5.69 Å². The smallest absolute Gasteiger partial charge is 0.316 e. The molecule has 150 valence electrons. The van der Waals surface area contributed by atoms with Gasteiger partial charge in [-0.25, -0.2) is 13.6 Å². The molecule has 8 nitrogen and oxygen atoms in total. The number of amides is 1. The third-order valence-electron chi connectivity index (χ3n) is 4.67. The number of nitrogens with zero attached hydrogens (tertiary/aromatic N) is 2. The predicted octanol–water partition coefficient (Wildman–Crippen LogP) is 3.13. The fraction of sp³-hybridized carbons (Fsp3) is 0.222. The highest BCUT2D eigenvalue weighted by Gasteiger charge is 2.42. The van der Waals surface area contributed by atoms with E-state index in [2.05, 4.69) is 0 Å². The second-order valence-corrected chi connectivity index (χ2v) is 10.5. The van der Waals surface area contributed by atoms with E-state index in [1.54, 1.807) is 30.3 Å². The van der Waals surface area contributed by atoms with E-state index >= 15 is 0 Å². The quantitative estimate of drug-likeness (QED) is 0.429. The van der Waals surface area contributed by atoms with E-state index in [-0.39, 0.29) is 28.0 Å². The number of carbonyl (C=O) groups excluding carboxylic acids is 1. The molecule has 2 fully saturated rings. The number of thioether (sulfide) groups is 1. The summed E-state index contributed by atoms with van der Waals surface area (Å²) < 4.78 is 29.6. The summed E-state index contributed by atoms with van der Waals surface area (Å²) in [5.74, 6) is 0.645. The monoisotopic (exact) mass is 451 g/mol. The van der Waals surface area contributed by atoms with Crippen molar-refractivity contribution < 1.29 is 27.8 Å². The summed E-state index contributed by atoms with van der Waals surface area (Å²) >= 11 is 6.41. The molecule has 2 aromatic rings. The van der Waals surface area contributed by atoms with Gasteiger partial charge in [-0.2, -0.15) is 0 Å². The number of benzene rings is 1. The molecule has 1 atom stereocenters. The molecule has 0 radical (unpaired) electrons. The van der Waals surface area contributed by atoms with Crippen LogP contribution in [0.2, 0.25) is 0 Å². The Hall–Kier alpha value is -2.50. The Morgan fingerprint density at radius 3 is 2.59 bits per heavy atom. The molecule has 11 heteroatoms. The fourth-order valence-electron chi connectivity index (χ4n) is 3.24. The van der Waals surface area contributed by atoms with Crippen LogP contribution in [0.5, 0.6) is 0 Å². The molecule has 2 aliphatic heterocycles. The molecule has 1 aromatic carbocycles. The lowest BCUT2D eigenvalue weighted by Gasteiger charge is -2.20. The summed E-state index contributed by atoms with van der Waals surface area (Å²) in [6, 6.07) is 9.14. The van der Waals surface area contributed by atoms with Crippen LogP contribution >= 0.6 is 24.0 Å². The maximum Gasteiger partial charge on any atom is 0.316 e. The highest BCUT2D eigenvalue weighted by Crippen LogP contribution is 2.37. The Morgan fingerprint density at radius 1 is 1.24 bits per heavy atom. The molecular formula is C18H15N2O6S3+. The molecule has 2 aliphatic rings. The molecule has 4 rings (SSSR count). The molecule has 0 saturated carbocycles. The van der Waals surface area contributed by atoms with Gasteiger partial charge in [-0.15, -0.1) is 0 Å². The van der Waals surface area contributed by atoms with E-state index in [1.807, 2.05) is 0 Å². The summed E-state index contributed by atoms with van der Waals surface area (Å²) in [4.78, 5) is 25.2. The minimum atomic E-state index is -3.13. The standard InChI is InChI=1S/C18H15N2O6S3/c21-17-16(28-18(27)19(17)13-7-8-29(24,25)10-13)9-14-5-6-15(26-14)11-1-3-12(4-2-11)20(22)23/h1-6,9,13H,7-8,10H2,(H,22,23)/q+1/b16-9+. The van der Waals surface area contributed by atoms with E-state index in [1.165, 1.54) is 17.0 Å². The van der Waals surface area contributed by atoms with Crippen molar-refractivity contribution in [3.63, 3.8) is 0 Å². The lowest BCUT2D eigenvalue weighted by Crippen LogP contribution is -2.39. The number of hydrogen-bond donors (Lipinski definition) is 1. The molecule has 1 amide bonds. The van der Waals surface area contributed by atoms with Crippen molar-refractivity contribution in [3.05, 3.63) is 52.0 Å². The van der Waals surface area contributed by atoms with Gasteiger partial charge in [0.05, 0.1) is 27.4 Å². The van der Waals surface area contributed by atoms with Crippen molar-refractivity contribution in [2.45, 2.75) is 12.5 Å². The first-order valence-corrected chi connectivity index (χ1v) is 11.6. The molecule has 1 aromatic heterocycles. The molecule has 1 N–H and O–H groups in total. The van der Waals surface area contributed by atoms with Crippen LogP contribution in [0.1, 0.15) is 12.2 Å². The Labute approximate surface area is 175 Å². The van der Waals surface area contributed by atoms with Crippen molar-refractivity contribution in [2.75, 3.05) is 11.5 Å². The Morgan fingerprint density at radius 2 is 1.97 bits per heavy atom. The summed E-state index contributed by atoms with van der Waals surface area (Å²) in [6.45, 7) is 0. The van der Waals surface area contributed by atoms with Gasteiger partial charge in [-0.3, -0.25) is 9.69 Å². The Bertz CT molecular complexity index is 1150. The third kappa shape index (κ3) is 3.98. The zero-order valence-electron chi connectivity index (χ0n) is 14.8. The first kappa shape index (κ1) is 19.8. The van der Waals surface area contributed by atoms with E-state index in [0.29, 0.717) is 32.7 Å². The second kappa shape index (κ2) is 7.39. The minimum absolute atomic E-state index is 0.0640. The number of carbonyl (C=O) groups is 1. The number of sulfone groups is 1. The number of hydrogen-bond acceptors (Lipinski definition) is 7. The maximum atomic E-state index is 12.8. The number of thiocarbonyl (C=S) groups is 1. The highest BCUT2D eigenvalue weighted by atomic mass is 32.2. The second-order valence-electron chi connectivity index (χ2n) is 6.63. The molecule has 3 heterocycles. The third-order valence-corrected chi connectivity index (χ3v) is 7.75. The molecule has 0 bridgehead atoms. The SMILES string of the molecule is O=C1/C(=C\c2ccc(-c3ccc([N+](=O)O)cc3)o2)SC(=S)N1C1CCS(=O)(=O)C1. The molecule has 2 saturated heterocycles. The molecule has 29 heavy (non-hydrogen) atoms. The van der Waals surface area contributed by atoms with Gasteiger partial charge in [0.2, 0.25) is 0 Å². The Balaban J connectivity index is 1.54. The first-order chi connectivity index (χ1) is 13.7. The van der Waals surface area contributed by atoms with Crippen LogP contribution in [0.25, 0.3) is 17.4 Å². The summed E-state index contributed by atoms with van der Waals surface area (Å²) in [7, 11) is -3.13. The average molecular weight is 452 g/mol. The van der Waals surface area contributed by atoms with Crippen LogP contribution in [0.3, 0.4) is 0 Å². The van der Waals surface area contributed by atoms with Crippen molar-refractivity contribution in [1.29, 1.82) is 0 Å². The van der Waals surface area contributed by atoms with Crippen LogP contribution in [-0.4, -0.2) is 51.2 Å². The normalized spacial score (nSPS) is 22.6. The summed E-state index contributed by atoms with van der Waals surface area (Å²) in [5, 5.41) is 8.89. The number of furan rings is 1. The molecular weight excluding hydrogens is 436 g/mol. The topological polar surface area (TPSA) is 108 Å². The van der Waals surface area contributed by atoms with Crippen LogP contribution in [-0.2, 0) is 14.6 Å². The van der Waals surface area contributed by atoms with E-state index in [9.17, 15) is 18.1 Å². The fourth-order valence-corrected chi connectivity index (χ4v) is 6.32. The molecule has 0 spiro atoms. The maximum absolute atomic E-state index is 12.8. The lowest BCUT2D eigenvalue weighted by atomic mass is 10.1. The van der Waals surface area contributed by atoms with Crippen molar-refractivity contribution in [2.24, 2.45) is 0 Å². The van der Waals surface area contributed by atoms with Crippen LogP contribution < -0.4 is 0 Å². The lowest BCUT2D eigenvalue weighted by molar-refractivity contribution is -0.729.